The van der Waals surface area contributed by atoms with Crippen LogP contribution in [0, 0.1) is 17.0 Å². The molecule has 1 heterocycles. The second-order valence-corrected chi connectivity index (χ2v) is 4.26. The fraction of sp³-hybridized carbons (Fsp3) is 0.182. The van der Waals surface area contributed by atoms with Crippen molar-refractivity contribution in [2.75, 3.05) is 5.32 Å². The largest absolute Gasteiger partial charge is 0.379 e. The van der Waals surface area contributed by atoms with Gasteiger partial charge in [-0.1, -0.05) is 6.07 Å². The average Bonchev–Trinajstić information content (AvgIpc) is 2.80. The lowest BCUT2D eigenvalue weighted by atomic mass is 10.1. The lowest BCUT2D eigenvalue weighted by Gasteiger charge is -2.08. The third kappa shape index (κ3) is 2.59. The maximum absolute atomic E-state index is 10.8. The van der Waals surface area contributed by atoms with Crippen LogP contribution in [0.2, 0.25) is 0 Å². The lowest BCUT2D eigenvalue weighted by Crippen LogP contribution is -2.02. The number of hydrogen-bond donors (Lipinski definition) is 1. The average molecular weight is 249 g/mol. The van der Waals surface area contributed by atoms with Gasteiger partial charge in [-0.05, 0) is 13.0 Å². The van der Waals surface area contributed by atoms with Crippen molar-refractivity contribution in [1.29, 1.82) is 0 Å². The van der Waals surface area contributed by atoms with Crippen molar-refractivity contribution in [2.45, 2.75) is 13.5 Å². The highest BCUT2D eigenvalue weighted by Gasteiger charge is 2.12. The molecule has 0 amide bonds. The SMILES string of the molecule is Cc1c(NCc2cscn2)cccc1[N+](=O)[O-]. The van der Waals surface area contributed by atoms with Gasteiger partial charge < -0.3 is 5.32 Å². The first kappa shape index (κ1) is 11.5. The molecule has 0 atom stereocenters. The Balaban J connectivity index is 2.16. The molecule has 5 nitrogen and oxygen atoms in total. The molecule has 0 fully saturated rings. The third-order valence-electron chi connectivity index (χ3n) is 2.45. The Bertz CT molecular complexity index is 526. The van der Waals surface area contributed by atoms with E-state index in [9.17, 15) is 10.1 Å². The summed E-state index contributed by atoms with van der Waals surface area (Å²) >= 11 is 1.53. The predicted octanol–water partition coefficient (Wildman–Crippen LogP) is 2.97. The lowest BCUT2D eigenvalue weighted by molar-refractivity contribution is -0.385. The Morgan fingerprint density at radius 1 is 1.53 bits per heavy atom. The fourth-order valence-electron chi connectivity index (χ4n) is 1.52. The summed E-state index contributed by atoms with van der Waals surface area (Å²) in [6.07, 6.45) is 0. The van der Waals surface area contributed by atoms with Crippen molar-refractivity contribution < 1.29 is 4.92 Å². The molecular weight excluding hydrogens is 238 g/mol. The number of thiazole rings is 1. The number of anilines is 1. The molecule has 0 bridgehead atoms. The monoisotopic (exact) mass is 249 g/mol. The highest BCUT2D eigenvalue weighted by molar-refractivity contribution is 7.07. The number of benzene rings is 1. The van der Waals surface area contributed by atoms with Crippen molar-refractivity contribution in [3.63, 3.8) is 0 Å². The Labute approximate surface area is 102 Å². The number of aromatic nitrogens is 1. The molecule has 0 saturated carbocycles. The maximum Gasteiger partial charge on any atom is 0.274 e. The topological polar surface area (TPSA) is 68.1 Å². The Morgan fingerprint density at radius 2 is 2.35 bits per heavy atom. The summed E-state index contributed by atoms with van der Waals surface area (Å²) in [6, 6.07) is 5.01. The van der Waals surface area contributed by atoms with Gasteiger partial charge in [0, 0.05) is 22.7 Å². The summed E-state index contributed by atoms with van der Waals surface area (Å²) in [5.41, 5.74) is 4.24. The van der Waals surface area contributed by atoms with E-state index in [2.05, 4.69) is 10.3 Å². The Kier molecular flexibility index (Phi) is 3.34. The number of nitro benzene ring substituents is 1. The number of nitrogens with zero attached hydrogens (tertiary/aromatic N) is 2. The molecule has 6 heteroatoms. The van der Waals surface area contributed by atoms with Crippen LogP contribution in [-0.4, -0.2) is 9.91 Å². The summed E-state index contributed by atoms with van der Waals surface area (Å²) in [5.74, 6) is 0. The predicted molar refractivity (Wildman–Crippen MR) is 67.3 cm³/mol. The van der Waals surface area contributed by atoms with E-state index in [1.807, 2.05) is 11.4 Å². The molecule has 0 saturated heterocycles. The molecule has 0 aliphatic carbocycles. The van der Waals surface area contributed by atoms with Crippen molar-refractivity contribution in [3.05, 3.63) is 50.5 Å². The zero-order chi connectivity index (χ0) is 12.3. The van der Waals surface area contributed by atoms with Gasteiger partial charge in [-0.3, -0.25) is 10.1 Å². The second-order valence-electron chi connectivity index (χ2n) is 3.54. The summed E-state index contributed by atoms with van der Waals surface area (Å²) in [7, 11) is 0. The summed E-state index contributed by atoms with van der Waals surface area (Å²) in [5, 5.41) is 15.9. The molecule has 2 rings (SSSR count). The van der Waals surface area contributed by atoms with Crippen LogP contribution in [0.15, 0.2) is 29.1 Å². The highest BCUT2D eigenvalue weighted by Crippen LogP contribution is 2.25. The van der Waals surface area contributed by atoms with Gasteiger partial charge in [-0.2, -0.15) is 0 Å². The van der Waals surface area contributed by atoms with Crippen LogP contribution in [0.3, 0.4) is 0 Å². The van der Waals surface area contributed by atoms with Crippen molar-refractivity contribution >= 4 is 22.7 Å². The van der Waals surface area contributed by atoms with E-state index in [1.165, 1.54) is 17.4 Å². The van der Waals surface area contributed by atoms with Gasteiger partial charge in [-0.15, -0.1) is 11.3 Å². The van der Waals surface area contributed by atoms with E-state index in [1.54, 1.807) is 18.5 Å². The number of nitrogens with one attached hydrogen (secondary N) is 1. The molecule has 1 N–H and O–H groups in total. The van der Waals surface area contributed by atoms with Gasteiger partial charge in [0.2, 0.25) is 0 Å². The zero-order valence-electron chi connectivity index (χ0n) is 9.21. The summed E-state index contributed by atoms with van der Waals surface area (Å²) in [4.78, 5) is 14.5. The standard InChI is InChI=1S/C11H11N3O2S/c1-8-10(3-2-4-11(8)14(15)16)12-5-9-6-17-7-13-9/h2-4,6-7,12H,5H2,1H3. The minimum absolute atomic E-state index is 0.133. The Hall–Kier alpha value is -1.95. The van der Waals surface area contributed by atoms with Crippen LogP contribution < -0.4 is 5.32 Å². The van der Waals surface area contributed by atoms with E-state index >= 15 is 0 Å². The number of rotatable bonds is 4. The van der Waals surface area contributed by atoms with Gasteiger partial charge in [0.1, 0.15) is 0 Å². The molecule has 1 aromatic carbocycles. The molecule has 0 radical (unpaired) electrons. The number of nitro groups is 1. The van der Waals surface area contributed by atoms with E-state index in [4.69, 9.17) is 0 Å². The van der Waals surface area contributed by atoms with Crippen LogP contribution in [0.4, 0.5) is 11.4 Å². The molecule has 0 aliphatic heterocycles. The van der Waals surface area contributed by atoms with E-state index in [0.29, 0.717) is 12.1 Å². The number of hydrogen-bond acceptors (Lipinski definition) is 5. The minimum Gasteiger partial charge on any atom is -0.379 e. The molecule has 0 aliphatic rings. The quantitative estimate of drug-likeness (QED) is 0.668. The van der Waals surface area contributed by atoms with Crippen LogP contribution in [0.25, 0.3) is 0 Å². The summed E-state index contributed by atoms with van der Waals surface area (Å²) < 4.78 is 0. The zero-order valence-corrected chi connectivity index (χ0v) is 10.0. The molecular formula is C11H11N3O2S. The molecule has 2 aromatic rings. The van der Waals surface area contributed by atoms with Crippen molar-refractivity contribution in [2.24, 2.45) is 0 Å². The highest BCUT2D eigenvalue weighted by atomic mass is 32.1. The van der Waals surface area contributed by atoms with Gasteiger partial charge >= 0.3 is 0 Å². The van der Waals surface area contributed by atoms with Crippen LogP contribution in [-0.2, 0) is 6.54 Å². The molecule has 17 heavy (non-hydrogen) atoms. The normalized spacial score (nSPS) is 10.2. The van der Waals surface area contributed by atoms with Crippen LogP contribution >= 0.6 is 11.3 Å². The van der Waals surface area contributed by atoms with Gasteiger partial charge in [-0.25, -0.2) is 4.98 Å². The third-order valence-corrected chi connectivity index (χ3v) is 3.08. The minimum atomic E-state index is -0.372. The molecule has 0 spiro atoms. The molecule has 0 unspecified atom stereocenters. The van der Waals surface area contributed by atoms with Gasteiger partial charge in [0.15, 0.2) is 0 Å². The maximum atomic E-state index is 10.8. The van der Waals surface area contributed by atoms with Crippen LogP contribution in [0.1, 0.15) is 11.3 Å². The first-order valence-electron chi connectivity index (χ1n) is 5.03. The Morgan fingerprint density at radius 3 is 3.00 bits per heavy atom. The summed E-state index contributed by atoms with van der Waals surface area (Å²) in [6.45, 7) is 2.31. The fourth-order valence-corrected chi connectivity index (χ4v) is 2.08. The molecule has 1 aromatic heterocycles. The first-order valence-corrected chi connectivity index (χ1v) is 5.97. The molecule has 88 valence electrons. The van der Waals surface area contributed by atoms with Gasteiger partial charge in [0.05, 0.1) is 22.7 Å². The van der Waals surface area contributed by atoms with Crippen molar-refractivity contribution in [1.82, 2.24) is 4.98 Å². The smallest absolute Gasteiger partial charge is 0.274 e. The van der Waals surface area contributed by atoms with Gasteiger partial charge in [0.25, 0.3) is 5.69 Å². The second kappa shape index (κ2) is 4.92. The van der Waals surface area contributed by atoms with Crippen LogP contribution in [0.5, 0.6) is 0 Å². The van der Waals surface area contributed by atoms with E-state index in [-0.39, 0.29) is 10.6 Å². The van der Waals surface area contributed by atoms with Crippen molar-refractivity contribution in [3.8, 4) is 0 Å². The van der Waals surface area contributed by atoms with E-state index in [0.717, 1.165) is 11.4 Å². The van der Waals surface area contributed by atoms with E-state index < -0.39 is 0 Å². The first-order chi connectivity index (χ1) is 8.18.